The van der Waals surface area contributed by atoms with E-state index in [-0.39, 0.29) is 59.2 Å². The molecule has 0 saturated carbocycles. The summed E-state index contributed by atoms with van der Waals surface area (Å²) in [5, 5.41) is 0. The van der Waals surface area contributed by atoms with Crippen LogP contribution in [0.5, 0.6) is 0 Å². The predicted octanol–water partition coefficient (Wildman–Crippen LogP) is 6.34. The zero-order chi connectivity index (χ0) is 28.2. The van der Waals surface area contributed by atoms with Gasteiger partial charge in [0.15, 0.2) is 0 Å². The molecular weight excluding hydrogens is 669 g/mol. The maximum atomic E-state index is 10.2. The van der Waals surface area contributed by atoms with Crippen molar-refractivity contribution in [3.63, 3.8) is 0 Å². The molecule has 0 aliphatic carbocycles. The first-order valence-corrected chi connectivity index (χ1v) is 17.3. The molecule has 0 amide bonds. The molecule has 6 atom stereocenters. The minimum atomic E-state index is -2.98. The van der Waals surface area contributed by atoms with Crippen molar-refractivity contribution >= 4 is 24.8 Å². The van der Waals surface area contributed by atoms with Crippen molar-refractivity contribution in [2.24, 2.45) is 0 Å². The van der Waals surface area contributed by atoms with Gasteiger partial charge < -0.3 is 41.9 Å². The first kappa shape index (κ1) is 45.8. The van der Waals surface area contributed by atoms with Gasteiger partial charge in [-0.3, -0.25) is 0 Å². The Labute approximate surface area is 262 Å². The van der Waals surface area contributed by atoms with Crippen LogP contribution in [0.25, 0.3) is 0 Å². The summed E-state index contributed by atoms with van der Waals surface area (Å²) in [6, 6.07) is 0. The van der Waals surface area contributed by atoms with E-state index >= 15 is 0 Å². The molecule has 37 heavy (non-hydrogen) atoms. The molecule has 0 saturated heterocycles. The molecule has 0 aliphatic heterocycles. The smallest absolute Gasteiger partial charge is 0.781 e. The summed E-state index contributed by atoms with van der Waals surface area (Å²) < 4.78 is 44.3. The molecule has 1 radical (unpaired) electrons. The van der Waals surface area contributed by atoms with Crippen LogP contribution in [-0.4, -0.2) is 18.3 Å². The summed E-state index contributed by atoms with van der Waals surface area (Å²) in [7, 11) is -8.93. The molecule has 0 heterocycles. The van der Waals surface area contributed by atoms with Crippen molar-refractivity contribution in [3.8, 4) is 0 Å². The van der Waals surface area contributed by atoms with E-state index in [0.717, 1.165) is 38.5 Å². The van der Waals surface area contributed by atoms with Crippen LogP contribution < -0.4 is 14.7 Å². The SMILES string of the molecule is CCCCCCC(C)O[PH](=O)[O-].CCCCCCC(C)O[PH](=O)[O-].CCCCCCC(C)O[PH](=O)[O-].[Nd+3]. The molecule has 6 unspecified atom stereocenters. The quantitative estimate of drug-likeness (QED) is 0.0978. The molecule has 0 aromatic heterocycles. The second-order valence-electron chi connectivity index (χ2n) is 9.08. The Morgan fingerprint density at radius 2 is 0.703 bits per heavy atom. The zero-order valence-electron chi connectivity index (χ0n) is 24.0. The molecule has 0 aromatic rings. The first-order chi connectivity index (χ1) is 17.0. The largest absolute Gasteiger partial charge is 3.00 e. The third-order valence-corrected chi connectivity index (χ3v) is 7.07. The molecule has 9 nitrogen and oxygen atoms in total. The average molecular weight is 724 g/mol. The van der Waals surface area contributed by atoms with Crippen LogP contribution in [0, 0.1) is 40.8 Å². The van der Waals surface area contributed by atoms with Crippen molar-refractivity contribution in [3.05, 3.63) is 0 Å². The molecule has 0 aromatic carbocycles. The molecule has 0 fully saturated rings. The number of hydrogen-bond acceptors (Lipinski definition) is 9. The monoisotopic (exact) mass is 721 g/mol. The van der Waals surface area contributed by atoms with Crippen LogP contribution in [0.2, 0.25) is 0 Å². The normalized spacial score (nSPS) is 15.5. The van der Waals surface area contributed by atoms with Crippen molar-refractivity contribution in [2.75, 3.05) is 0 Å². The molecule has 0 spiro atoms. The van der Waals surface area contributed by atoms with Crippen LogP contribution in [-0.2, 0) is 27.3 Å². The van der Waals surface area contributed by atoms with E-state index in [9.17, 15) is 28.4 Å². The minimum absolute atomic E-state index is 0. The van der Waals surface area contributed by atoms with E-state index in [1.54, 1.807) is 20.8 Å². The Morgan fingerprint density at radius 1 is 0.486 bits per heavy atom. The molecule has 0 N–H and O–H groups in total. The van der Waals surface area contributed by atoms with E-state index in [4.69, 9.17) is 0 Å². The van der Waals surface area contributed by atoms with Gasteiger partial charge in [-0.05, 0) is 40.0 Å². The zero-order valence-corrected chi connectivity index (χ0v) is 30.2. The summed E-state index contributed by atoms with van der Waals surface area (Å²) in [6.45, 7) is 11.8. The fourth-order valence-corrected chi connectivity index (χ4v) is 4.58. The van der Waals surface area contributed by atoms with Gasteiger partial charge in [-0.15, -0.1) is 0 Å². The number of rotatable bonds is 21. The molecule has 223 valence electrons. The first-order valence-electron chi connectivity index (χ1n) is 13.6. The van der Waals surface area contributed by atoms with E-state index in [2.05, 4.69) is 34.3 Å². The van der Waals surface area contributed by atoms with Gasteiger partial charge in [0.25, 0.3) is 0 Å². The fraction of sp³-hybridized carbons (Fsp3) is 1.00. The van der Waals surface area contributed by atoms with Gasteiger partial charge in [0, 0.05) is 0 Å². The van der Waals surface area contributed by atoms with Crippen LogP contribution in [0.3, 0.4) is 0 Å². The summed E-state index contributed by atoms with van der Waals surface area (Å²) in [6.07, 6.45) is 16.1. The Bertz CT molecular complexity index is 460. The Kier molecular flexibility index (Phi) is 44.3. The van der Waals surface area contributed by atoms with Gasteiger partial charge in [-0.1, -0.05) is 97.8 Å². The summed E-state index contributed by atoms with van der Waals surface area (Å²) in [5.74, 6) is 0. The third-order valence-electron chi connectivity index (χ3n) is 5.28. The maximum Gasteiger partial charge on any atom is 3.00 e. The van der Waals surface area contributed by atoms with Gasteiger partial charge in [0.05, 0.1) is 18.3 Å². The van der Waals surface area contributed by atoms with Gasteiger partial charge >= 0.3 is 40.8 Å². The maximum absolute atomic E-state index is 10.2. The third kappa shape index (κ3) is 47.9. The van der Waals surface area contributed by atoms with Crippen LogP contribution in [0.15, 0.2) is 0 Å². The van der Waals surface area contributed by atoms with Crippen LogP contribution >= 0.6 is 24.8 Å². The molecule has 0 bridgehead atoms. The fourth-order valence-electron chi connectivity index (χ4n) is 3.25. The van der Waals surface area contributed by atoms with E-state index in [1.165, 1.54) is 57.8 Å². The number of hydrogen-bond donors (Lipinski definition) is 0. The second kappa shape index (κ2) is 35.8. The summed E-state index contributed by atoms with van der Waals surface area (Å²) in [4.78, 5) is 30.5. The van der Waals surface area contributed by atoms with E-state index in [1.807, 2.05) is 0 Å². The predicted molar refractivity (Wildman–Crippen MR) is 145 cm³/mol. The second-order valence-corrected chi connectivity index (χ2v) is 11.3. The summed E-state index contributed by atoms with van der Waals surface area (Å²) >= 11 is 0. The van der Waals surface area contributed by atoms with Gasteiger partial charge in [-0.25, -0.2) is 0 Å². The molecule has 13 heteroatoms. The topological polar surface area (TPSA) is 148 Å². The molecule has 0 rings (SSSR count). The van der Waals surface area contributed by atoms with Gasteiger partial charge in [-0.2, -0.15) is 0 Å². The van der Waals surface area contributed by atoms with Crippen molar-refractivity contribution in [2.45, 2.75) is 156 Å². The van der Waals surface area contributed by atoms with Gasteiger partial charge in [0.2, 0.25) is 0 Å². The van der Waals surface area contributed by atoms with E-state index < -0.39 is 24.8 Å². The minimum Gasteiger partial charge on any atom is -0.781 e. The van der Waals surface area contributed by atoms with Gasteiger partial charge in [0.1, 0.15) is 24.8 Å². The molecular formula is C24H54NdO9P3. The number of unbranched alkanes of at least 4 members (excludes halogenated alkanes) is 9. The Hall–Kier alpha value is 1.80. The Balaban J connectivity index is -0.000000218. The van der Waals surface area contributed by atoms with Crippen LogP contribution in [0.4, 0.5) is 0 Å². The van der Waals surface area contributed by atoms with E-state index in [0.29, 0.717) is 0 Å². The van der Waals surface area contributed by atoms with Crippen LogP contribution in [0.1, 0.15) is 138 Å². The van der Waals surface area contributed by atoms with Crippen molar-refractivity contribution in [1.29, 1.82) is 0 Å². The van der Waals surface area contributed by atoms with Crippen molar-refractivity contribution in [1.82, 2.24) is 0 Å². The average Bonchev–Trinajstić information content (AvgIpc) is 2.77. The standard InChI is InChI=1S/3C8H19O3P.Nd/c3*1-3-4-5-6-7-8(2)11-12(9)10;/h3*8,12H,3-7H2,1-2H3,(H,9,10);/q;;;+3/p-3. The molecule has 0 aliphatic rings. The van der Waals surface area contributed by atoms with Crippen molar-refractivity contribution < 1.29 is 82.8 Å². The summed E-state index contributed by atoms with van der Waals surface area (Å²) in [5.41, 5.74) is 0. The Morgan fingerprint density at radius 3 is 0.865 bits per heavy atom.